The lowest BCUT2D eigenvalue weighted by atomic mass is 10.1. The number of aromatic nitrogens is 3. The molecule has 1 fully saturated rings. The molecule has 1 saturated heterocycles. The van der Waals surface area contributed by atoms with Crippen LogP contribution in [0.15, 0.2) is 53.2 Å². The van der Waals surface area contributed by atoms with E-state index in [1.807, 2.05) is 42.5 Å². The normalized spacial score (nSPS) is 18.8. The van der Waals surface area contributed by atoms with Crippen molar-refractivity contribution in [1.82, 2.24) is 25.3 Å². The Labute approximate surface area is 168 Å². The average molecular weight is 393 g/mol. The van der Waals surface area contributed by atoms with Crippen molar-refractivity contribution in [2.24, 2.45) is 0 Å². The third-order valence-corrected chi connectivity index (χ3v) is 5.02. The Morgan fingerprint density at radius 3 is 2.93 bits per heavy atom. The number of nitrogens with one attached hydrogen (secondary N) is 1. The van der Waals surface area contributed by atoms with E-state index in [-0.39, 0.29) is 18.2 Å². The van der Waals surface area contributed by atoms with E-state index in [1.165, 1.54) is 0 Å². The Balaban J connectivity index is 1.45. The molecule has 8 nitrogen and oxygen atoms in total. The van der Waals surface area contributed by atoms with Gasteiger partial charge in [0.15, 0.2) is 5.82 Å². The summed E-state index contributed by atoms with van der Waals surface area (Å²) in [6.45, 7) is 2.64. The molecule has 3 aromatic rings. The number of methoxy groups -OCH3 is 1. The molecular weight excluding hydrogens is 370 g/mol. The zero-order chi connectivity index (χ0) is 20.2. The Hall–Kier alpha value is -3.26. The van der Waals surface area contributed by atoms with Crippen LogP contribution in [0, 0.1) is 6.92 Å². The SMILES string of the molecule is CO[C@H]1C[C@H](c2nc(C)no2)N(C(=O)NCc2cccc(-c3ccccn3)c2)C1. The molecule has 1 aromatic carbocycles. The van der Waals surface area contributed by atoms with E-state index in [9.17, 15) is 4.79 Å². The highest BCUT2D eigenvalue weighted by atomic mass is 16.5. The van der Waals surface area contributed by atoms with Gasteiger partial charge in [0.1, 0.15) is 6.04 Å². The van der Waals surface area contributed by atoms with Gasteiger partial charge in [-0.15, -0.1) is 0 Å². The Bertz CT molecular complexity index is 975. The predicted octanol–water partition coefficient (Wildman–Crippen LogP) is 3.11. The molecule has 8 heteroatoms. The van der Waals surface area contributed by atoms with Gasteiger partial charge in [0.05, 0.1) is 11.8 Å². The van der Waals surface area contributed by atoms with Crippen LogP contribution >= 0.6 is 0 Å². The number of carbonyl (C=O) groups is 1. The molecule has 2 atom stereocenters. The monoisotopic (exact) mass is 393 g/mol. The number of likely N-dealkylation sites (tertiary alicyclic amines) is 1. The van der Waals surface area contributed by atoms with Gasteiger partial charge in [-0.3, -0.25) is 4.98 Å². The van der Waals surface area contributed by atoms with Crippen molar-refractivity contribution in [2.45, 2.75) is 32.0 Å². The van der Waals surface area contributed by atoms with Crippen LogP contribution in [0.1, 0.15) is 29.7 Å². The zero-order valence-corrected chi connectivity index (χ0v) is 16.4. The number of benzene rings is 1. The van der Waals surface area contributed by atoms with Crippen molar-refractivity contribution in [2.75, 3.05) is 13.7 Å². The Morgan fingerprint density at radius 2 is 2.21 bits per heavy atom. The number of nitrogens with zero attached hydrogens (tertiary/aromatic N) is 4. The molecular formula is C21H23N5O3. The molecule has 2 aromatic heterocycles. The molecule has 29 heavy (non-hydrogen) atoms. The summed E-state index contributed by atoms with van der Waals surface area (Å²) in [6, 6.07) is 13.3. The van der Waals surface area contributed by atoms with Crippen molar-refractivity contribution < 1.29 is 14.1 Å². The van der Waals surface area contributed by atoms with Crippen LogP contribution in [0.3, 0.4) is 0 Å². The van der Waals surface area contributed by atoms with E-state index in [2.05, 4.69) is 20.4 Å². The molecule has 1 aliphatic rings. The molecule has 0 radical (unpaired) electrons. The fourth-order valence-electron chi connectivity index (χ4n) is 3.53. The molecule has 2 amide bonds. The van der Waals surface area contributed by atoms with Crippen LogP contribution in [0.4, 0.5) is 4.79 Å². The maximum Gasteiger partial charge on any atom is 0.318 e. The standard InChI is InChI=1S/C21H23N5O3/c1-14-24-20(29-25-14)19-11-17(28-2)13-26(19)21(27)23-12-15-6-5-7-16(10-15)18-8-3-4-9-22-18/h3-10,17,19H,11-13H2,1-2H3,(H,23,27)/t17-,19+/m0/s1. The minimum atomic E-state index is -0.291. The Morgan fingerprint density at radius 1 is 1.31 bits per heavy atom. The first-order valence-electron chi connectivity index (χ1n) is 9.52. The maximum absolute atomic E-state index is 12.9. The Kier molecular flexibility index (Phi) is 5.53. The fourth-order valence-corrected chi connectivity index (χ4v) is 3.53. The number of ether oxygens (including phenoxy) is 1. The number of pyridine rings is 1. The summed E-state index contributed by atoms with van der Waals surface area (Å²) in [5.74, 6) is 0.988. The molecule has 0 bridgehead atoms. The molecule has 1 aliphatic heterocycles. The lowest BCUT2D eigenvalue weighted by Crippen LogP contribution is -2.40. The van der Waals surface area contributed by atoms with Gasteiger partial charge in [-0.25, -0.2) is 4.79 Å². The summed E-state index contributed by atoms with van der Waals surface area (Å²) >= 11 is 0. The smallest absolute Gasteiger partial charge is 0.318 e. The average Bonchev–Trinajstić information content (AvgIpc) is 3.39. The minimum absolute atomic E-state index is 0.0644. The second-order valence-corrected chi connectivity index (χ2v) is 7.02. The molecule has 1 N–H and O–H groups in total. The van der Waals surface area contributed by atoms with E-state index in [1.54, 1.807) is 25.1 Å². The van der Waals surface area contributed by atoms with Gasteiger partial charge in [-0.1, -0.05) is 29.4 Å². The molecule has 0 unspecified atom stereocenters. The molecule has 4 rings (SSSR count). The minimum Gasteiger partial charge on any atom is -0.380 e. The number of urea groups is 1. The van der Waals surface area contributed by atoms with E-state index in [0.717, 1.165) is 16.8 Å². The first-order valence-corrected chi connectivity index (χ1v) is 9.52. The first kappa shape index (κ1) is 19.1. The zero-order valence-electron chi connectivity index (χ0n) is 16.4. The van der Waals surface area contributed by atoms with Crippen LogP contribution in [-0.2, 0) is 11.3 Å². The van der Waals surface area contributed by atoms with Gasteiger partial charge in [0, 0.05) is 38.4 Å². The first-order chi connectivity index (χ1) is 14.1. The fraction of sp³-hybridized carbons (Fsp3) is 0.333. The predicted molar refractivity (Wildman–Crippen MR) is 106 cm³/mol. The summed E-state index contributed by atoms with van der Waals surface area (Å²) in [7, 11) is 1.64. The van der Waals surface area contributed by atoms with Crippen LogP contribution in [0.5, 0.6) is 0 Å². The molecule has 0 spiro atoms. The van der Waals surface area contributed by atoms with Crippen molar-refractivity contribution >= 4 is 6.03 Å². The molecule has 0 saturated carbocycles. The second kappa shape index (κ2) is 8.40. The van der Waals surface area contributed by atoms with Gasteiger partial charge >= 0.3 is 6.03 Å². The molecule has 0 aliphatic carbocycles. The lowest BCUT2D eigenvalue weighted by Gasteiger charge is -2.22. The van der Waals surface area contributed by atoms with E-state index >= 15 is 0 Å². The highest BCUT2D eigenvalue weighted by Crippen LogP contribution is 2.32. The van der Waals surface area contributed by atoms with E-state index < -0.39 is 0 Å². The van der Waals surface area contributed by atoms with Gasteiger partial charge in [-0.2, -0.15) is 4.98 Å². The highest BCUT2D eigenvalue weighted by molar-refractivity contribution is 5.75. The van der Waals surface area contributed by atoms with Crippen LogP contribution < -0.4 is 5.32 Å². The summed E-state index contributed by atoms with van der Waals surface area (Å²) in [5.41, 5.74) is 2.90. The van der Waals surface area contributed by atoms with Gasteiger partial charge in [0.2, 0.25) is 5.89 Å². The second-order valence-electron chi connectivity index (χ2n) is 7.02. The van der Waals surface area contributed by atoms with Crippen molar-refractivity contribution in [3.05, 3.63) is 65.9 Å². The highest BCUT2D eigenvalue weighted by Gasteiger charge is 2.39. The number of hydrogen-bond acceptors (Lipinski definition) is 6. The van der Waals surface area contributed by atoms with Crippen LogP contribution in [0.2, 0.25) is 0 Å². The molecule has 3 heterocycles. The van der Waals surface area contributed by atoms with Crippen molar-refractivity contribution in [1.29, 1.82) is 0 Å². The van der Waals surface area contributed by atoms with Crippen LogP contribution in [0.25, 0.3) is 11.3 Å². The van der Waals surface area contributed by atoms with Crippen molar-refractivity contribution in [3.8, 4) is 11.3 Å². The van der Waals surface area contributed by atoms with Gasteiger partial charge in [-0.05, 0) is 30.7 Å². The quantitative estimate of drug-likeness (QED) is 0.716. The summed E-state index contributed by atoms with van der Waals surface area (Å²) in [5, 5.41) is 6.84. The van der Waals surface area contributed by atoms with E-state index in [4.69, 9.17) is 9.26 Å². The number of carbonyl (C=O) groups excluding carboxylic acids is 1. The topological polar surface area (TPSA) is 93.4 Å². The summed E-state index contributed by atoms with van der Waals surface area (Å²) in [6.07, 6.45) is 2.33. The number of hydrogen-bond donors (Lipinski definition) is 1. The third kappa shape index (κ3) is 4.27. The maximum atomic E-state index is 12.9. The summed E-state index contributed by atoms with van der Waals surface area (Å²) in [4.78, 5) is 23.3. The van der Waals surface area contributed by atoms with Crippen molar-refractivity contribution in [3.63, 3.8) is 0 Å². The summed E-state index contributed by atoms with van der Waals surface area (Å²) < 4.78 is 10.8. The molecule has 150 valence electrons. The number of amides is 2. The number of aryl methyl sites for hydroxylation is 1. The van der Waals surface area contributed by atoms with E-state index in [0.29, 0.717) is 31.2 Å². The van der Waals surface area contributed by atoms with Gasteiger partial charge < -0.3 is 19.5 Å². The number of rotatable bonds is 5. The lowest BCUT2D eigenvalue weighted by molar-refractivity contribution is 0.110. The van der Waals surface area contributed by atoms with Gasteiger partial charge in [0.25, 0.3) is 0 Å². The largest absolute Gasteiger partial charge is 0.380 e. The third-order valence-electron chi connectivity index (χ3n) is 5.02. The van der Waals surface area contributed by atoms with Crippen LogP contribution in [-0.4, -0.2) is 45.8 Å².